The summed E-state index contributed by atoms with van der Waals surface area (Å²) in [6, 6.07) is 0.134. The Morgan fingerprint density at radius 2 is 2.18 bits per heavy atom. The van der Waals surface area contributed by atoms with Crippen LogP contribution in [-0.2, 0) is 0 Å². The highest BCUT2D eigenvalue weighted by molar-refractivity contribution is 5.57. The second-order valence-corrected chi connectivity index (χ2v) is 3.49. The molecule has 8 nitrogen and oxygen atoms in total. The molecular weight excluding hydrogens is 224 g/mol. The number of hydrogen-bond acceptors (Lipinski definition) is 7. The normalized spacial score (nSPS) is 10.4. The monoisotopic (exact) mass is 240 g/mol. The Bertz CT molecular complexity index is 393. The Morgan fingerprint density at radius 1 is 1.53 bits per heavy atom. The maximum Gasteiger partial charge on any atom is 0.329 e. The van der Waals surface area contributed by atoms with E-state index in [0.717, 1.165) is 19.0 Å². The molecule has 0 unspecified atom stereocenters. The van der Waals surface area contributed by atoms with Crippen molar-refractivity contribution in [2.24, 2.45) is 5.84 Å². The lowest BCUT2D eigenvalue weighted by Crippen LogP contribution is -2.20. The van der Waals surface area contributed by atoms with Gasteiger partial charge in [0.25, 0.3) is 0 Å². The van der Waals surface area contributed by atoms with Crippen LogP contribution in [0.15, 0.2) is 6.20 Å². The summed E-state index contributed by atoms with van der Waals surface area (Å²) >= 11 is 0. The van der Waals surface area contributed by atoms with Gasteiger partial charge in [-0.25, -0.2) is 10.8 Å². The van der Waals surface area contributed by atoms with Crippen molar-refractivity contribution in [2.75, 3.05) is 10.7 Å². The van der Waals surface area contributed by atoms with Crippen molar-refractivity contribution in [1.82, 2.24) is 9.97 Å². The number of nitrogens with one attached hydrogen (secondary N) is 2. The molecule has 0 atom stereocenters. The SMILES string of the molecule is CCC(CC)Nc1nc(NN)ncc1[N+](=O)[O-]. The van der Waals surface area contributed by atoms with E-state index in [9.17, 15) is 10.1 Å². The van der Waals surface area contributed by atoms with Gasteiger partial charge >= 0.3 is 5.69 Å². The first kappa shape index (κ1) is 13.1. The van der Waals surface area contributed by atoms with Crippen LogP contribution in [0.4, 0.5) is 17.5 Å². The lowest BCUT2D eigenvalue weighted by molar-refractivity contribution is -0.384. The maximum atomic E-state index is 10.8. The standard InChI is InChI=1S/C9H16N6O2/c1-3-6(4-2)12-8-7(15(16)17)5-11-9(13-8)14-10/h5-6H,3-4,10H2,1-2H3,(H2,11,12,13,14). The number of nitro groups is 1. The van der Waals surface area contributed by atoms with E-state index in [0.29, 0.717) is 0 Å². The van der Waals surface area contributed by atoms with Gasteiger partial charge in [-0.2, -0.15) is 4.98 Å². The molecule has 0 fully saturated rings. The molecule has 17 heavy (non-hydrogen) atoms. The summed E-state index contributed by atoms with van der Waals surface area (Å²) in [6.45, 7) is 3.99. The highest BCUT2D eigenvalue weighted by Crippen LogP contribution is 2.23. The van der Waals surface area contributed by atoms with Crippen LogP contribution < -0.4 is 16.6 Å². The minimum Gasteiger partial charge on any atom is -0.361 e. The van der Waals surface area contributed by atoms with E-state index >= 15 is 0 Å². The number of nitrogens with zero attached hydrogens (tertiary/aromatic N) is 3. The lowest BCUT2D eigenvalue weighted by Gasteiger charge is -2.15. The van der Waals surface area contributed by atoms with Gasteiger partial charge in [-0.15, -0.1) is 0 Å². The third-order valence-corrected chi connectivity index (χ3v) is 2.42. The Labute approximate surface area is 98.8 Å². The fraction of sp³-hybridized carbons (Fsp3) is 0.556. The van der Waals surface area contributed by atoms with E-state index in [-0.39, 0.29) is 23.5 Å². The summed E-state index contributed by atoms with van der Waals surface area (Å²) in [5.41, 5.74) is 2.10. The van der Waals surface area contributed by atoms with Gasteiger partial charge in [-0.05, 0) is 12.8 Å². The number of hydrazine groups is 1. The molecule has 0 aliphatic heterocycles. The largest absolute Gasteiger partial charge is 0.361 e. The summed E-state index contributed by atoms with van der Waals surface area (Å²) in [5, 5.41) is 13.8. The van der Waals surface area contributed by atoms with Crippen molar-refractivity contribution in [1.29, 1.82) is 0 Å². The van der Waals surface area contributed by atoms with Gasteiger partial charge in [0.2, 0.25) is 11.8 Å². The molecule has 8 heteroatoms. The van der Waals surface area contributed by atoms with E-state index in [1.54, 1.807) is 0 Å². The smallest absolute Gasteiger partial charge is 0.329 e. The first-order chi connectivity index (χ1) is 8.12. The quantitative estimate of drug-likeness (QED) is 0.389. The Morgan fingerprint density at radius 3 is 2.65 bits per heavy atom. The van der Waals surface area contributed by atoms with Crippen LogP contribution in [0.1, 0.15) is 26.7 Å². The molecule has 1 heterocycles. The fourth-order valence-electron chi connectivity index (χ4n) is 1.37. The van der Waals surface area contributed by atoms with Crippen molar-refractivity contribution >= 4 is 17.5 Å². The van der Waals surface area contributed by atoms with Crippen molar-refractivity contribution in [3.8, 4) is 0 Å². The van der Waals surface area contributed by atoms with Crippen molar-refractivity contribution in [3.63, 3.8) is 0 Å². The Kier molecular flexibility index (Phi) is 4.58. The molecule has 0 aliphatic rings. The molecular formula is C9H16N6O2. The predicted octanol–water partition coefficient (Wildman–Crippen LogP) is 1.27. The third-order valence-electron chi connectivity index (χ3n) is 2.42. The molecule has 94 valence electrons. The number of nitrogens with two attached hydrogens (primary N) is 1. The molecule has 1 aromatic rings. The summed E-state index contributed by atoms with van der Waals surface area (Å²) < 4.78 is 0. The zero-order valence-electron chi connectivity index (χ0n) is 9.80. The van der Waals surface area contributed by atoms with Gasteiger partial charge in [0.05, 0.1) is 4.92 Å². The number of rotatable bonds is 6. The predicted molar refractivity (Wildman–Crippen MR) is 64.5 cm³/mol. The molecule has 0 amide bonds. The molecule has 1 rings (SSSR count). The van der Waals surface area contributed by atoms with Crippen molar-refractivity contribution < 1.29 is 4.92 Å². The summed E-state index contributed by atoms with van der Waals surface area (Å²) in [4.78, 5) is 17.9. The highest BCUT2D eigenvalue weighted by atomic mass is 16.6. The molecule has 1 aromatic heterocycles. The molecule has 0 saturated carbocycles. The first-order valence-corrected chi connectivity index (χ1v) is 5.36. The molecule has 4 N–H and O–H groups in total. The van der Waals surface area contributed by atoms with Crippen LogP contribution in [0.3, 0.4) is 0 Å². The molecule has 0 spiro atoms. The second kappa shape index (κ2) is 5.94. The van der Waals surface area contributed by atoms with E-state index in [1.807, 2.05) is 13.8 Å². The number of hydrogen-bond donors (Lipinski definition) is 3. The Balaban J connectivity index is 3.04. The molecule has 0 aliphatic carbocycles. The van der Waals surface area contributed by atoms with Gasteiger partial charge in [0.1, 0.15) is 6.20 Å². The van der Waals surface area contributed by atoms with Gasteiger partial charge in [0, 0.05) is 6.04 Å². The maximum absolute atomic E-state index is 10.8. The second-order valence-electron chi connectivity index (χ2n) is 3.49. The summed E-state index contributed by atoms with van der Waals surface area (Å²) in [6.07, 6.45) is 2.83. The molecule has 0 saturated heterocycles. The average molecular weight is 240 g/mol. The van der Waals surface area contributed by atoms with E-state index in [2.05, 4.69) is 20.7 Å². The van der Waals surface area contributed by atoms with E-state index in [4.69, 9.17) is 5.84 Å². The molecule has 0 bridgehead atoms. The zero-order valence-corrected chi connectivity index (χ0v) is 9.80. The molecule has 0 aromatic carbocycles. The van der Waals surface area contributed by atoms with Crippen molar-refractivity contribution in [3.05, 3.63) is 16.3 Å². The topological polar surface area (TPSA) is 119 Å². The van der Waals surface area contributed by atoms with Gasteiger partial charge in [0.15, 0.2) is 0 Å². The lowest BCUT2D eigenvalue weighted by atomic mass is 10.2. The van der Waals surface area contributed by atoms with Crippen LogP contribution in [0, 0.1) is 10.1 Å². The van der Waals surface area contributed by atoms with Crippen LogP contribution in [0.2, 0.25) is 0 Å². The fourth-order valence-corrected chi connectivity index (χ4v) is 1.37. The zero-order chi connectivity index (χ0) is 12.8. The van der Waals surface area contributed by atoms with Gasteiger partial charge < -0.3 is 5.32 Å². The van der Waals surface area contributed by atoms with Crippen LogP contribution in [-0.4, -0.2) is 20.9 Å². The minimum atomic E-state index is -0.523. The van der Waals surface area contributed by atoms with E-state index in [1.165, 1.54) is 0 Å². The van der Waals surface area contributed by atoms with Crippen LogP contribution in [0.25, 0.3) is 0 Å². The Hall–Kier alpha value is -1.96. The molecule has 0 radical (unpaired) electrons. The summed E-state index contributed by atoms with van der Waals surface area (Å²) in [5.74, 6) is 5.50. The van der Waals surface area contributed by atoms with Crippen LogP contribution in [0.5, 0.6) is 0 Å². The highest BCUT2D eigenvalue weighted by Gasteiger charge is 2.18. The summed E-state index contributed by atoms with van der Waals surface area (Å²) in [7, 11) is 0. The van der Waals surface area contributed by atoms with Crippen LogP contribution >= 0.6 is 0 Å². The van der Waals surface area contributed by atoms with Gasteiger partial charge in [-0.1, -0.05) is 13.8 Å². The van der Waals surface area contributed by atoms with Crippen molar-refractivity contribution in [2.45, 2.75) is 32.7 Å². The van der Waals surface area contributed by atoms with Gasteiger partial charge in [-0.3, -0.25) is 15.5 Å². The van der Waals surface area contributed by atoms with E-state index < -0.39 is 4.92 Å². The third kappa shape index (κ3) is 3.25. The average Bonchev–Trinajstić information content (AvgIpc) is 2.35. The minimum absolute atomic E-state index is 0.134. The number of anilines is 2. The number of aromatic nitrogens is 2. The number of nitrogen functional groups attached to an aromatic ring is 1. The first-order valence-electron chi connectivity index (χ1n) is 5.36.